The van der Waals surface area contributed by atoms with Gasteiger partial charge in [0.1, 0.15) is 18.2 Å². The predicted octanol–water partition coefficient (Wildman–Crippen LogP) is 2.69. The van der Waals surface area contributed by atoms with Gasteiger partial charge in [-0.25, -0.2) is 8.78 Å². The Morgan fingerprint density at radius 1 is 1.14 bits per heavy atom. The van der Waals surface area contributed by atoms with Crippen molar-refractivity contribution in [3.63, 3.8) is 0 Å². The van der Waals surface area contributed by atoms with Gasteiger partial charge in [0.05, 0.1) is 11.4 Å². The Labute approximate surface area is 160 Å². The molecule has 0 saturated heterocycles. The summed E-state index contributed by atoms with van der Waals surface area (Å²) in [4.78, 5) is 39.3. The second kappa shape index (κ2) is 8.16. The van der Waals surface area contributed by atoms with Crippen LogP contribution in [0, 0.1) is 11.6 Å². The Bertz CT molecular complexity index is 933. The van der Waals surface area contributed by atoms with Crippen molar-refractivity contribution < 1.29 is 23.2 Å². The number of anilines is 2. The third-order valence-corrected chi connectivity index (χ3v) is 4.47. The van der Waals surface area contributed by atoms with E-state index in [1.165, 1.54) is 22.9 Å². The summed E-state index contributed by atoms with van der Waals surface area (Å²) in [6.45, 7) is -0.144. The van der Waals surface area contributed by atoms with E-state index in [0.29, 0.717) is 11.4 Å². The van der Waals surface area contributed by atoms with Crippen LogP contribution in [0.25, 0.3) is 0 Å². The van der Waals surface area contributed by atoms with Crippen LogP contribution in [-0.2, 0) is 20.9 Å². The highest BCUT2D eigenvalue weighted by Gasteiger charge is 2.27. The zero-order chi connectivity index (χ0) is 20.3. The van der Waals surface area contributed by atoms with Gasteiger partial charge < -0.3 is 15.1 Å². The van der Waals surface area contributed by atoms with Gasteiger partial charge >= 0.3 is 0 Å². The van der Waals surface area contributed by atoms with Crippen LogP contribution in [0.15, 0.2) is 42.5 Å². The Kier molecular flexibility index (Phi) is 5.67. The summed E-state index contributed by atoms with van der Waals surface area (Å²) in [5, 5.41) is 2.69. The van der Waals surface area contributed by atoms with Gasteiger partial charge in [0.2, 0.25) is 17.7 Å². The van der Waals surface area contributed by atoms with Gasteiger partial charge in [-0.15, -0.1) is 0 Å². The number of para-hydroxylation sites is 2. The fourth-order valence-electron chi connectivity index (χ4n) is 2.99. The van der Waals surface area contributed by atoms with E-state index in [2.05, 4.69) is 5.32 Å². The molecule has 3 amide bonds. The lowest BCUT2D eigenvalue weighted by Gasteiger charge is -2.29. The third kappa shape index (κ3) is 4.33. The molecular weight excluding hydrogens is 368 g/mol. The molecule has 1 N–H and O–H groups in total. The molecule has 0 bridgehead atoms. The average molecular weight is 387 g/mol. The molecule has 0 unspecified atom stereocenters. The van der Waals surface area contributed by atoms with Gasteiger partial charge in [-0.05, 0) is 18.2 Å². The molecule has 2 aromatic carbocycles. The number of hydrogen-bond donors (Lipinski definition) is 1. The first-order chi connectivity index (χ1) is 13.3. The monoisotopic (exact) mass is 387 g/mol. The molecule has 1 heterocycles. The molecule has 1 aliphatic heterocycles. The molecule has 0 saturated carbocycles. The van der Waals surface area contributed by atoms with Crippen LogP contribution in [0.1, 0.15) is 18.4 Å². The number of carbonyl (C=O) groups is 3. The Hall–Kier alpha value is -3.29. The second-order valence-electron chi connectivity index (χ2n) is 6.53. The molecule has 0 atom stereocenters. The maximum atomic E-state index is 13.7. The molecule has 0 aromatic heterocycles. The molecule has 0 spiro atoms. The van der Waals surface area contributed by atoms with Crippen molar-refractivity contribution in [2.45, 2.75) is 19.4 Å². The van der Waals surface area contributed by atoms with E-state index in [1.54, 1.807) is 24.3 Å². The van der Waals surface area contributed by atoms with E-state index in [-0.39, 0.29) is 49.2 Å². The minimum absolute atomic E-state index is 0.0336. The number of benzene rings is 2. The van der Waals surface area contributed by atoms with Crippen LogP contribution >= 0.6 is 0 Å². The minimum atomic E-state index is -0.730. The molecule has 2 aromatic rings. The smallest absolute Gasteiger partial charge is 0.244 e. The van der Waals surface area contributed by atoms with Crippen molar-refractivity contribution >= 4 is 29.1 Å². The normalized spacial score (nSPS) is 13.0. The van der Waals surface area contributed by atoms with Gasteiger partial charge in [-0.1, -0.05) is 18.2 Å². The summed E-state index contributed by atoms with van der Waals surface area (Å²) in [6.07, 6.45) is -0.172. The first-order valence-corrected chi connectivity index (χ1v) is 8.72. The second-order valence-corrected chi connectivity index (χ2v) is 6.53. The van der Waals surface area contributed by atoms with Crippen LogP contribution < -0.4 is 10.2 Å². The number of fused-ring (bicyclic) bond motifs is 1. The Morgan fingerprint density at radius 2 is 1.89 bits per heavy atom. The van der Waals surface area contributed by atoms with Crippen molar-refractivity contribution in [1.29, 1.82) is 0 Å². The zero-order valence-corrected chi connectivity index (χ0v) is 15.2. The van der Waals surface area contributed by atoms with Crippen LogP contribution in [0.3, 0.4) is 0 Å². The van der Waals surface area contributed by atoms with Crippen LogP contribution in [0.2, 0.25) is 0 Å². The molecule has 0 radical (unpaired) electrons. The number of nitrogens with one attached hydrogen (secondary N) is 1. The molecule has 6 nitrogen and oxygen atoms in total. The maximum absolute atomic E-state index is 13.7. The fourth-order valence-corrected chi connectivity index (χ4v) is 2.99. The van der Waals surface area contributed by atoms with Gasteiger partial charge in [-0.2, -0.15) is 0 Å². The van der Waals surface area contributed by atoms with Gasteiger partial charge in [0.15, 0.2) is 0 Å². The molecule has 146 valence electrons. The van der Waals surface area contributed by atoms with E-state index in [9.17, 15) is 23.2 Å². The summed E-state index contributed by atoms with van der Waals surface area (Å²) in [6, 6.07) is 10.1. The van der Waals surface area contributed by atoms with Gasteiger partial charge in [0, 0.05) is 38.1 Å². The van der Waals surface area contributed by atoms with Crippen molar-refractivity contribution in [2.75, 3.05) is 23.8 Å². The summed E-state index contributed by atoms with van der Waals surface area (Å²) in [7, 11) is 1.49. The number of amides is 3. The molecule has 3 rings (SSSR count). The molecule has 8 heteroatoms. The van der Waals surface area contributed by atoms with Crippen molar-refractivity contribution in [1.82, 2.24) is 4.90 Å². The summed E-state index contributed by atoms with van der Waals surface area (Å²) in [5.74, 6) is -2.43. The van der Waals surface area contributed by atoms with E-state index in [4.69, 9.17) is 0 Å². The summed E-state index contributed by atoms with van der Waals surface area (Å²) < 4.78 is 26.7. The van der Waals surface area contributed by atoms with Crippen molar-refractivity contribution in [3.8, 4) is 0 Å². The number of nitrogens with zero attached hydrogens (tertiary/aromatic N) is 2. The maximum Gasteiger partial charge on any atom is 0.244 e. The first kappa shape index (κ1) is 19.5. The Balaban J connectivity index is 1.60. The van der Waals surface area contributed by atoms with Gasteiger partial charge in [0.25, 0.3) is 0 Å². The molecule has 0 fully saturated rings. The van der Waals surface area contributed by atoms with E-state index in [1.807, 2.05) is 0 Å². The molecular formula is C20H19F2N3O3. The zero-order valence-electron chi connectivity index (χ0n) is 15.2. The predicted molar refractivity (Wildman–Crippen MR) is 99.5 cm³/mol. The van der Waals surface area contributed by atoms with Gasteiger partial charge in [-0.3, -0.25) is 14.4 Å². The average Bonchev–Trinajstić information content (AvgIpc) is 2.67. The largest absolute Gasteiger partial charge is 0.341 e. The first-order valence-electron chi connectivity index (χ1n) is 8.72. The molecule has 0 aliphatic carbocycles. The number of halogens is 2. The molecule has 1 aliphatic rings. The van der Waals surface area contributed by atoms with Crippen LogP contribution in [0.4, 0.5) is 20.2 Å². The fraction of sp³-hybridized carbons (Fsp3) is 0.250. The summed E-state index contributed by atoms with van der Waals surface area (Å²) >= 11 is 0. The minimum Gasteiger partial charge on any atom is -0.341 e. The number of hydrogen-bond acceptors (Lipinski definition) is 3. The van der Waals surface area contributed by atoms with Crippen molar-refractivity contribution in [3.05, 3.63) is 59.7 Å². The Morgan fingerprint density at radius 3 is 2.64 bits per heavy atom. The SMILES string of the molecule is CN(Cc1ccc(F)cc1F)C(=O)CCC(=O)N1CC(=O)Nc2ccccc21. The highest BCUT2D eigenvalue weighted by molar-refractivity contribution is 6.10. The lowest BCUT2D eigenvalue weighted by Crippen LogP contribution is -2.42. The summed E-state index contributed by atoms with van der Waals surface area (Å²) in [5.41, 5.74) is 1.31. The highest BCUT2D eigenvalue weighted by Crippen LogP contribution is 2.29. The van der Waals surface area contributed by atoms with E-state index < -0.39 is 11.6 Å². The van der Waals surface area contributed by atoms with E-state index in [0.717, 1.165) is 12.1 Å². The topological polar surface area (TPSA) is 69.7 Å². The highest BCUT2D eigenvalue weighted by atomic mass is 19.1. The van der Waals surface area contributed by atoms with Crippen molar-refractivity contribution in [2.24, 2.45) is 0 Å². The quantitative estimate of drug-likeness (QED) is 0.858. The van der Waals surface area contributed by atoms with E-state index >= 15 is 0 Å². The lowest BCUT2D eigenvalue weighted by molar-refractivity contribution is -0.132. The standard InChI is InChI=1S/C20H19F2N3O3/c1-24(11-13-6-7-14(21)10-15(13)22)19(27)8-9-20(28)25-12-18(26)23-16-4-2-3-5-17(16)25/h2-7,10H,8-9,11-12H2,1H3,(H,23,26). The van der Waals surface area contributed by atoms with Crippen LogP contribution in [0.5, 0.6) is 0 Å². The number of carbonyl (C=O) groups excluding carboxylic acids is 3. The number of rotatable bonds is 5. The lowest BCUT2D eigenvalue weighted by atomic mass is 10.1. The molecule has 28 heavy (non-hydrogen) atoms. The van der Waals surface area contributed by atoms with Crippen LogP contribution in [-0.4, -0.2) is 36.2 Å². The third-order valence-electron chi connectivity index (χ3n) is 4.47.